The van der Waals surface area contributed by atoms with Crippen LogP contribution in [0.3, 0.4) is 0 Å². The fourth-order valence-corrected chi connectivity index (χ4v) is 0.919. The van der Waals surface area contributed by atoms with Crippen molar-refractivity contribution >= 4 is 17.9 Å². The van der Waals surface area contributed by atoms with Crippen LogP contribution in [0, 0.1) is 0 Å². The van der Waals surface area contributed by atoms with Crippen molar-refractivity contribution in [3.8, 4) is 0 Å². The van der Waals surface area contributed by atoms with Gasteiger partial charge in [-0.2, -0.15) is 0 Å². The van der Waals surface area contributed by atoms with Crippen molar-refractivity contribution in [2.45, 2.75) is 5.88 Å². The third kappa shape index (κ3) is 1.91. The number of nitrogens with one attached hydrogen (secondary N) is 1. The van der Waals surface area contributed by atoms with E-state index >= 15 is 0 Å². The van der Waals surface area contributed by atoms with Crippen LogP contribution < -0.4 is 5.56 Å². The Hall–Kier alpha value is -1.09. The number of hydrogen-bond donors (Lipinski definition) is 1. The highest BCUT2D eigenvalue weighted by molar-refractivity contribution is 6.17. The van der Waals surface area contributed by atoms with Crippen molar-refractivity contribution in [2.24, 2.45) is 0 Å². The van der Waals surface area contributed by atoms with Crippen molar-refractivity contribution in [3.63, 3.8) is 0 Å². The number of H-pyrrole nitrogens is 1. The third-order valence-corrected chi connectivity index (χ3v) is 1.51. The average molecular weight is 172 g/mol. The number of aromatic nitrogens is 1. The lowest BCUT2D eigenvalue weighted by Gasteiger charge is -1.93. The van der Waals surface area contributed by atoms with E-state index < -0.39 is 0 Å². The summed E-state index contributed by atoms with van der Waals surface area (Å²) in [6, 6.07) is 2.90. The van der Waals surface area contributed by atoms with Crippen molar-refractivity contribution in [3.05, 3.63) is 33.7 Å². The number of halogens is 1. The molecule has 0 unspecified atom stereocenters. The van der Waals surface area contributed by atoms with Gasteiger partial charge in [0, 0.05) is 11.9 Å². The van der Waals surface area contributed by atoms with Gasteiger partial charge in [-0.15, -0.1) is 11.6 Å². The Morgan fingerprint density at radius 2 is 2.27 bits per heavy atom. The second-order valence-electron chi connectivity index (χ2n) is 2.06. The lowest BCUT2D eigenvalue weighted by Crippen LogP contribution is -2.08. The topological polar surface area (TPSA) is 49.9 Å². The number of carbonyl (C=O) groups is 1. The van der Waals surface area contributed by atoms with Crippen LogP contribution in [0.15, 0.2) is 16.9 Å². The average Bonchev–Trinajstić information content (AvgIpc) is 2.03. The van der Waals surface area contributed by atoms with E-state index in [0.717, 1.165) is 0 Å². The number of carbonyl (C=O) groups excluding carboxylic acids is 1. The minimum atomic E-state index is -0.301. The summed E-state index contributed by atoms with van der Waals surface area (Å²) in [5.41, 5.74) is 0.607. The van der Waals surface area contributed by atoms with E-state index in [9.17, 15) is 9.59 Å². The largest absolute Gasteiger partial charge is 0.320 e. The molecular formula is C7H6ClNO2. The molecule has 1 aromatic rings. The minimum Gasteiger partial charge on any atom is -0.320 e. The zero-order valence-electron chi connectivity index (χ0n) is 5.63. The smallest absolute Gasteiger partial charge is 0.248 e. The van der Waals surface area contributed by atoms with Gasteiger partial charge in [0.15, 0.2) is 6.29 Å². The van der Waals surface area contributed by atoms with Gasteiger partial charge in [0.1, 0.15) is 0 Å². The number of pyridine rings is 1. The van der Waals surface area contributed by atoms with E-state index in [0.29, 0.717) is 11.8 Å². The molecule has 1 rings (SSSR count). The van der Waals surface area contributed by atoms with Gasteiger partial charge in [0.25, 0.3) is 0 Å². The first kappa shape index (κ1) is 8.01. The van der Waals surface area contributed by atoms with Gasteiger partial charge in [-0.1, -0.05) is 0 Å². The number of aldehydes is 1. The Morgan fingerprint density at radius 1 is 1.55 bits per heavy atom. The Kier molecular flexibility index (Phi) is 2.44. The van der Waals surface area contributed by atoms with E-state index in [-0.39, 0.29) is 17.1 Å². The van der Waals surface area contributed by atoms with E-state index in [2.05, 4.69) is 4.98 Å². The Balaban J connectivity index is 3.22. The first-order valence-electron chi connectivity index (χ1n) is 3.00. The maximum atomic E-state index is 10.8. The van der Waals surface area contributed by atoms with Crippen LogP contribution in [0.1, 0.15) is 16.1 Å². The molecule has 58 valence electrons. The van der Waals surface area contributed by atoms with Crippen LogP contribution in [0.5, 0.6) is 0 Å². The molecular weight excluding hydrogens is 166 g/mol. The molecule has 0 aromatic carbocycles. The molecule has 11 heavy (non-hydrogen) atoms. The van der Waals surface area contributed by atoms with Gasteiger partial charge in [-0.05, 0) is 11.6 Å². The monoisotopic (exact) mass is 171 g/mol. The predicted molar refractivity (Wildman–Crippen MR) is 42.0 cm³/mol. The molecule has 0 saturated carbocycles. The summed E-state index contributed by atoms with van der Waals surface area (Å²) in [7, 11) is 0. The number of aromatic amines is 1. The van der Waals surface area contributed by atoms with Gasteiger partial charge in [-0.25, -0.2) is 0 Å². The molecule has 0 amide bonds. The number of alkyl halides is 1. The van der Waals surface area contributed by atoms with Crippen LogP contribution in [-0.4, -0.2) is 11.3 Å². The molecule has 0 bridgehead atoms. The fraction of sp³-hybridized carbons (Fsp3) is 0.143. The van der Waals surface area contributed by atoms with Crippen molar-refractivity contribution in [1.29, 1.82) is 0 Å². The molecule has 0 aliphatic rings. The molecule has 1 heterocycles. The van der Waals surface area contributed by atoms with Gasteiger partial charge >= 0.3 is 0 Å². The standard InChI is InChI=1S/C7H6ClNO2/c8-3-5-1-6(4-10)9-7(11)2-5/h1-2,4H,3H2,(H,9,11). The maximum absolute atomic E-state index is 10.8. The van der Waals surface area contributed by atoms with E-state index in [1.807, 2.05) is 0 Å². The summed E-state index contributed by atoms with van der Waals surface area (Å²) in [6.07, 6.45) is 0.581. The Bertz CT molecular complexity index is 318. The first-order valence-corrected chi connectivity index (χ1v) is 3.54. The minimum absolute atomic E-state index is 0.241. The lowest BCUT2D eigenvalue weighted by molar-refractivity contribution is 0.111. The molecule has 0 radical (unpaired) electrons. The SMILES string of the molecule is O=Cc1cc(CCl)cc(=O)[nH]1. The number of hydrogen-bond acceptors (Lipinski definition) is 2. The molecule has 0 fully saturated rings. The second-order valence-corrected chi connectivity index (χ2v) is 2.33. The molecule has 0 atom stereocenters. The highest BCUT2D eigenvalue weighted by Crippen LogP contribution is 1.99. The van der Waals surface area contributed by atoms with Crippen LogP contribution in [-0.2, 0) is 5.88 Å². The van der Waals surface area contributed by atoms with Crippen molar-refractivity contribution in [2.75, 3.05) is 0 Å². The Labute approximate surface area is 68.0 Å². The molecule has 0 saturated heterocycles. The lowest BCUT2D eigenvalue weighted by atomic mass is 10.2. The quantitative estimate of drug-likeness (QED) is 0.532. The molecule has 0 aliphatic carbocycles. The zero-order chi connectivity index (χ0) is 8.27. The van der Waals surface area contributed by atoms with E-state index in [1.165, 1.54) is 6.07 Å². The third-order valence-electron chi connectivity index (χ3n) is 1.21. The van der Waals surface area contributed by atoms with Crippen molar-refractivity contribution < 1.29 is 4.79 Å². The fourth-order valence-electron chi connectivity index (χ4n) is 0.765. The highest BCUT2D eigenvalue weighted by Gasteiger charge is 1.95. The van der Waals surface area contributed by atoms with Crippen LogP contribution in [0.4, 0.5) is 0 Å². The zero-order valence-corrected chi connectivity index (χ0v) is 6.39. The summed E-state index contributed by atoms with van der Waals surface area (Å²) < 4.78 is 0. The molecule has 4 heteroatoms. The molecule has 1 aromatic heterocycles. The maximum Gasteiger partial charge on any atom is 0.248 e. The molecule has 0 spiro atoms. The predicted octanol–water partition coefficient (Wildman–Crippen LogP) is 0.926. The second kappa shape index (κ2) is 3.34. The molecule has 0 aliphatic heterocycles. The summed E-state index contributed by atoms with van der Waals surface area (Å²) in [6.45, 7) is 0. The summed E-state index contributed by atoms with van der Waals surface area (Å²) >= 11 is 5.46. The van der Waals surface area contributed by atoms with Crippen LogP contribution in [0.25, 0.3) is 0 Å². The first-order chi connectivity index (χ1) is 5.26. The molecule has 1 N–H and O–H groups in total. The van der Waals surface area contributed by atoms with Crippen LogP contribution >= 0.6 is 11.6 Å². The normalized spacial score (nSPS) is 9.55. The molecule has 3 nitrogen and oxygen atoms in total. The highest BCUT2D eigenvalue weighted by atomic mass is 35.5. The van der Waals surface area contributed by atoms with E-state index in [1.54, 1.807) is 6.07 Å². The summed E-state index contributed by atoms with van der Waals surface area (Å²) in [4.78, 5) is 23.3. The van der Waals surface area contributed by atoms with E-state index in [4.69, 9.17) is 11.6 Å². The van der Waals surface area contributed by atoms with Gasteiger partial charge in [0.05, 0.1) is 5.69 Å². The van der Waals surface area contributed by atoms with Gasteiger partial charge < -0.3 is 4.98 Å². The van der Waals surface area contributed by atoms with Gasteiger partial charge in [0.2, 0.25) is 5.56 Å². The van der Waals surface area contributed by atoms with Gasteiger partial charge in [-0.3, -0.25) is 9.59 Å². The van der Waals surface area contributed by atoms with Crippen molar-refractivity contribution in [1.82, 2.24) is 4.98 Å². The Morgan fingerprint density at radius 3 is 2.82 bits per heavy atom. The summed E-state index contributed by atoms with van der Waals surface area (Å²) in [5.74, 6) is 0.241. The summed E-state index contributed by atoms with van der Waals surface area (Å²) in [5, 5.41) is 0. The van der Waals surface area contributed by atoms with Crippen LogP contribution in [0.2, 0.25) is 0 Å². The number of rotatable bonds is 2.